The largest absolute Gasteiger partial charge is 0.389 e. The van der Waals surface area contributed by atoms with Crippen LogP contribution in [0.25, 0.3) is 0 Å². The van der Waals surface area contributed by atoms with Crippen molar-refractivity contribution in [3.8, 4) is 0 Å². The Bertz CT molecular complexity index is 364. The van der Waals surface area contributed by atoms with E-state index >= 15 is 0 Å². The normalized spacial score (nSPS) is 32.0. The fourth-order valence-electron chi connectivity index (χ4n) is 3.80. The number of carbonyl (C=O) groups excluding carboxylic acids is 1. The lowest BCUT2D eigenvalue weighted by molar-refractivity contribution is -0.176. The van der Waals surface area contributed by atoms with Crippen LogP contribution in [0.5, 0.6) is 0 Å². The zero-order valence-corrected chi connectivity index (χ0v) is 11.7. The highest BCUT2D eigenvalue weighted by molar-refractivity contribution is 5.82. The maximum atomic E-state index is 12.0. The molecule has 5 nitrogen and oxygen atoms in total. The summed E-state index contributed by atoms with van der Waals surface area (Å²) < 4.78 is 0. The fraction of sp³-hybridized carbons (Fsp3) is 0.929. The number of hydrogen-bond donors (Lipinski definition) is 2. The van der Waals surface area contributed by atoms with Crippen LogP contribution in [0.2, 0.25) is 0 Å². The molecule has 1 saturated heterocycles. The summed E-state index contributed by atoms with van der Waals surface area (Å²) in [5.74, 6) is 0.0255. The molecule has 108 valence electrons. The van der Waals surface area contributed by atoms with Crippen molar-refractivity contribution in [3.05, 3.63) is 0 Å². The van der Waals surface area contributed by atoms with E-state index in [4.69, 9.17) is 4.84 Å². The van der Waals surface area contributed by atoms with Gasteiger partial charge in [0.05, 0.1) is 25.3 Å². The van der Waals surface area contributed by atoms with Crippen molar-refractivity contribution < 1.29 is 14.7 Å². The quantitative estimate of drug-likeness (QED) is 0.775. The van der Waals surface area contributed by atoms with E-state index in [1.54, 1.807) is 0 Å². The second-order valence-corrected chi connectivity index (χ2v) is 6.36. The smallest absolute Gasteiger partial charge is 0.263 e. The summed E-state index contributed by atoms with van der Waals surface area (Å²) in [6, 6.07) is -0.138. The van der Waals surface area contributed by atoms with E-state index in [0.717, 1.165) is 45.1 Å². The lowest BCUT2D eigenvalue weighted by Gasteiger charge is -2.58. The molecule has 1 aliphatic heterocycles. The van der Waals surface area contributed by atoms with Gasteiger partial charge < -0.3 is 10.4 Å². The zero-order chi connectivity index (χ0) is 13.5. The lowest BCUT2D eigenvalue weighted by Crippen LogP contribution is -2.61. The van der Waals surface area contributed by atoms with Gasteiger partial charge in [-0.2, -0.15) is 0 Å². The van der Waals surface area contributed by atoms with E-state index in [9.17, 15) is 9.90 Å². The molecule has 3 rings (SSSR count). The van der Waals surface area contributed by atoms with Gasteiger partial charge in [-0.1, -0.05) is 6.42 Å². The SMILES string of the molecule is CON1CCC(NCC2(C3(O)CCC3)CCC2)C1=O. The zero-order valence-electron chi connectivity index (χ0n) is 11.7. The van der Waals surface area contributed by atoms with Crippen LogP contribution >= 0.6 is 0 Å². The Balaban J connectivity index is 1.58. The predicted octanol–water partition coefficient (Wildman–Crippen LogP) is 0.824. The van der Waals surface area contributed by atoms with Crippen molar-refractivity contribution in [1.29, 1.82) is 0 Å². The number of amides is 1. The molecule has 1 amide bonds. The standard InChI is InChI=1S/C14H24N2O3/c1-19-16-9-4-11(12(16)17)15-10-13(5-2-6-13)14(18)7-3-8-14/h11,15,18H,2-10H2,1H3. The molecule has 0 aromatic rings. The number of carbonyl (C=O) groups is 1. The number of nitrogens with one attached hydrogen (secondary N) is 1. The van der Waals surface area contributed by atoms with E-state index < -0.39 is 5.60 Å². The molecule has 2 saturated carbocycles. The first kappa shape index (κ1) is 13.3. The maximum absolute atomic E-state index is 12.0. The number of aliphatic hydroxyl groups is 1. The van der Waals surface area contributed by atoms with Crippen molar-refractivity contribution in [2.75, 3.05) is 20.2 Å². The van der Waals surface area contributed by atoms with Gasteiger partial charge in [0, 0.05) is 12.0 Å². The van der Waals surface area contributed by atoms with Crippen LogP contribution < -0.4 is 5.32 Å². The number of nitrogens with zero attached hydrogens (tertiary/aromatic N) is 1. The molecule has 0 spiro atoms. The van der Waals surface area contributed by atoms with Crippen molar-refractivity contribution in [3.63, 3.8) is 0 Å². The van der Waals surface area contributed by atoms with E-state index in [1.807, 2.05) is 0 Å². The minimum Gasteiger partial charge on any atom is -0.389 e. The van der Waals surface area contributed by atoms with Crippen molar-refractivity contribution in [2.45, 2.75) is 56.6 Å². The Morgan fingerprint density at radius 3 is 2.47 bits per heavy atom. The van der Waals surface area contributed by atoms with Crippen molar-refractivity contribution >= 4 is 5.91 Å². The summed E-state index contributed by atoms with van der Waals surface area (Å²) in [6.07, 6.45) is 7.16. The number of rotatable bonds is 5. The summed E-state index contributed by atoms with van der Waals surface area (Å²) in [5, 5.41) is 15.5. The molecular formula is C14H24N2O3. The van der Waals surface area contributed by atoms with Gasteiger partial charge >= 0.3 is 0 Å². The maximum Gasteiger partial charge on any atom is 0.263 e. The molecule has 2 aliphatic carbocycles. The van der Waals surface area contributed by atoms with Crippen LogP contribution in [0, 0.1) is 5.41 Å². The minimum absolute atomic E-state index is 0.0199. The second kappa shape index (κ2) is 4.72. The number of hydrogen-bond acceptors (Lipinski definition) is 4. The Morgan fingerprint density at radius 1 is 1.37 bits per heavy atom. The van der Waals surface area contributed by atoms with Crippen LogP contribution in [0.3, 0.4) is 0 Å². The summed E-state index contributed by atoms with van der Waals surface area (Å²) in [7, 11) is 1.53. The van der Waals surface area contributed by atoms with Gasteiger partial charge in [0.15, 0.2) is 0 Å². The molecule has 3 aliphatic rings. The van der Waals surface area contributed by atoms with Gasteiger partial charge in [0.2, 0.25) is 0 Å². The Labute approximate surface area is 114 Å². The molecule has 0 aromatic heterocycles. The van der Waals surface area contributed by atoms with Crippen LogP contribution in [0.15, 0.2) is 0 Å². The van der Waals surface area contributed by atoms with Gasteiger partial charge in [-0.25, -0.2) is 5.06 Å². The molecule has 0 radical (unpaired) electrons. The van der Waals surface area contributed by atoms with Crippen LogP contribution in [0.1, 0.15) is 44.9 Å². The average molecular weight is 268 g/mol. The van der Waals surface area contributed by atoms with E-state index in [2.05, 4.69) is 5.32 Å². The molecular weight excluding hydrogens is 244 g/mol. The van der Waals surface area contributed by atoms with E-state index in [-0.39, 0.29) is 17.4 Å². The van der Waals surface area contributed by atoms with Gasteiger partial charge in [0.25, 0.3) is 5.91 Å². The summed E-state index contributed by atoms with van der Waals surface area (Å²) in [6.45, 7) is 1.42. The minimum atomic E-state index is -0.471. The van der Waals surface area contributed by atoms with E-state index in [1.165, 1.54) is 18.6 Å². The summed E-state index contributed by atoms with van der Waals surface area (Å²) in [4.78, 5) is 17.0. The molecule has 19 heavy (non-hydrogen) atoms. The Morgan fingerprint density at radius 2 is 2.05 bits per heavy atom. The molecule has 5 heteroatoms. The van der Waals surface area contributed by atoms with Crippen LogP contribution in [0.4, 0.5) is 0 Å². The van der Waals surface area contributed by atoms with Crippen LogP contribution in [-0.4, -0.2) is 47.9 Å². The highest BCUT2D eigenvalue weighted by Crippen LogP contribution is 2.56. The third kappa shape index (κ3) is 1.99. The van der Waals surface area contributed by atoms with Gasteiger partial charge in [-0.15, -0.1) is 0 Å². The molecule has 1 atom stereocenters. The summed E-state index contributed by atoms with van der Waals surface area (Å²) in [5.41, 5.74) is -0.452. The third-order valence-electron chi connectivity index (χ3n) is 5.55. The highest BCUT2D eigenvalue weighted by atomic mass is 16.7. The topological polar surface area (TPSA) is 61.8 Å². The van der Waals surface area contributed by atoms with E-state index in [0.29, 0.717) is 6.54 Å². The van der Waals surface area contributed by atoms with Crippen molar-refractivity contribution in [1.82, 2.24) is 10.4 Å². The van der Waals surface area contributed by atoms with Gasteiger partial charge in [-0.05, 0) is 38.5 Å². The number of hydroxylamine groups is 2. The fourth-order valence-corrected chi connectivity index (χ4v) is 3.80. The highest BCUT2D eigenvalue weighted by Gasteiger charge is 2.56. The average Bonchev–Trinajstić information content (AvgIpc) is 2.66. The molecule has 0 bridgehead atoms. The summed E-state index contributed by atoms with van der Waals surface area (Å²) >= 11 is 0. The molecule has 1 unspecified atom stereocenters. The first-order valence-corrected chi connectivity index (χ1v) is 7.42. The molecule has 1 heterocycles. The second-order valence-electron chi connectivity index (χ2n) is 6.36. The first-order valence-electron chi connectivity index (χ1n) is 7.42. The predicted molar refractivity (Wildman–Crippen MR) is 70.2 cm³/mol. The van der Waals surface area contributed by atoms with Crippen molar-refractivity contribution in [2.24, 2.45) is 5.41 Å². The monoisotopic (exact) mass is 268 g/mol. The lowest BCUT2D eigenvalue weighted by atomic mass is 9.52. The molecule has 0 aromatic carbocycles. The first-order chi connectivity index (χ1) is 9.10. The van der Waals surface area contributed by atoms with Gasteiger partial charge in [0.1, 0.15) is 0 Å². The third-order valence-corrected chi connectivity index (χ3v) is 5.55. The Kier molecular flexibility index (Phi) is 3.31. The van der Waals surface area contributed by atoms with Crippen LogP contribution in [-0.2, 0) is 9.63 Å². The molecule has 2 N–H and O–H groups in total. The van der Waals surface area contributed by atoms with Gasteiger partial charge in [-0.3, -0.25) is 9.63 Å². The Hall–Kier alpha value is -0.650. The molecule has 3 fully saturated rings.